The number of nitrogens with one attached hydrogen (secondary N) is 3. The van der Waals surface area contributed by atoms with E-state index in [9.17, 15) is 4.79 Å². The summed E-state index contributed by atoms with van der Waals surface area (Å²) in [6.45, 7) is 2.99. The molecule has 1 saturated carbocycles. The molecule has 4 unspecified atom stereocenters. The van der Waals surface area contributed by atoms with Gasteiger partial charge in [0.1, 0.15) is 0 Å². The zero-order chi connectivity index (χ0) is 14.8. The molecule has 1 aromatic carbocycles. The Hall–Kier alpha value is -1.10. The number of hydrazine groups is 1. The summed E-state index contributed by atoms with van der Waals surface area (Å²) in [5, 5.41) is 3.86. The molecule has 5 heteroatoms. The summed E-state index contributed by atoms with van der Waals surface area (Å²) in [4.78, 5) is 12.6. The minimum atomic E-state index is 0.00417. The highest BCUT2D eigenvalue weighted by atomic mass is 35.5. The van der Waals surface area contributed by atoms with Crippen molar-refractivity contribution in [2.75, 3.05) is 6.54 Å². The number of carbonyl (C=O) groups excluding carboxylic acids is 1. The summed E-state index contributed by atoms with van der Waals surface area (Å²) < 4.78 is 0. The van der Waals surface area contributed by atoms with Gasteiger partial charge in [-0.3, -0.25) is 15.6 Å². The fourth-order valence-corrected chi connectivity index (χ4v) is 3.62. The molecule has 0 bridgehead atoms. The zero-order valence-corrected chi connectivity index (χ0v) is 13.0. The quantitative estimate of drug-likeness (QED) is 0.804. The lowest BCUT2D eigenvalue weighted by molar-refractivity contribution is -0.127. The molecule has 0 spiro atoms. The second-order valence-corrected chi connectivity index (χ2v) is 6.57. The molecule has 1 saturated heterocycles. The number of hydrogen-bond acceptors (Lipinski definition) is 3. The van der Waals surface area contributed by atoms with E-state index < -0.39 is 0 Å². The van der Waals surface area contributed by atoms with Crippen LogP contribution in [-0.2, 0) is 4.79 Å². The predicted octanol–water partition coefficient (Wildman–Crippen LogP) is 2.41. The Kier molecular flexibility index (Phi) is 4.48. The third kappa shape index (κ3) is 3.23. The van der Waals surface area contributed by atoms with E-state index in [1.807, 2.05) is 31.2 Å². The Labute approximate surface area is 130 Å². The molecular formula is C16H22ClN3O. The molecule has 1 aliphatic heterocycles. The number of carbonyl (C=O) groups is 1. The van der Waals surface area contributed by atoms with Gasteiger partial charge in [0.05, 0.1) is 12.0 Å². The molecule has 3 rings (SSSR count). The highest BCUT2D eigenvalue weighted by Crippen LogP contribution is 2.31. The molecule has 21 heavy (non-hydrogen) atoms. The van der Waals surface area contributed by atoms with E-state index in [-0.39, 0.29) is 23.9 Å². The van der Waals surface area contributed by atoms with Crippen molar-refractivity contribution in [1.82, 2.24) is 16.2 Å². The van der Waals surface area contributed by atoms with Crippen LogP contribution in [0.25, 0.3) is 0 Å². The van der Waals surface area contributed by atoms with Crippen molar-refractivity contribution in [3.8, 4) is 0 Å². The number of halogens is 1. The molecule has 4 nitrogen and oxygen atoms in total. The smallest absolute Gasteiger partial charge is 0.225 e. The van der Waals surface area contributed by atoms with E-state index >= 15 is 0 Å². The number of rotatable bonds is 3. The van der Waals surface area contributed by atoms with Gasteiger partial charge in [0.25, 0.3) is 0 Å². The van der Waals surface area contributed by atoms with E-state index in [1.165, 1.54) is 6.42 Å². The van der Waals surface area contributed by atoms with Crippen molar-refractivity contribution in [2.45, 2.75) is 38.3 Å². The summed E-state index contributed by atoms with van der Waals surface area (Å²) in [5.74, 6) is 0.803. The third-order valence-corrected chi connectivity index (χ3v) is 4.98. The summed E-state index contributed by atoms with van der Waals surface area (Å²) in [6, 6.07) is 7.93. The second kappa shape index (κ2) is 6.34. The van der Waals surface area contributed by atoms with Gasteiger partial charge in [-0.25, -0.2) is 0 Å². The first-order chi connectivity index (χ1) is 10.1. The van der Waals surface area contributed by atoms with Gasteiger partial charge in [0, 0.05) is 17.6 Å². The molecule has 4 atom stereocenters. The van der Waals surface area contributed by atoms with Crippen LogP contribution in [0, 0.1) is 11.8 Å². The van der Waals surface area contributed by atoms with Crippen LogP contribution in [-0.4, -0.2) is 18.5 Å². The maximum Gasteiger partial charge on any atom is 0.225 e. The number of amides is 1. The van der Waals surface area contributed by atoms with Crippen LogP contribution in [0.4, 0.5) is 0 Å². The lowest BCUT2D eigenvalue weighted by Gasteiger charge is -2.32. The summed E-state index contributed by atoms with van der Waals surface area (Å²) in [7, 11) is 0. The number of hydrogen-bond donors (Lipinski definition) is 3. The van der Waals surface area contributed by atoms with E-state index in [0.717, 1.165) is 24.9 Å². The average Bonchev–Trinajstić information content (AvgIpc) is 2.96. The molecule has 0 aromatic heterocycles. The van der Waals surface area contributed by atoms with Gasteiger partial charge in [0.15, 0.2) is 0 Å². The van der Waals surface area contributed by atoms with Crippen LogP contribution < -0.4 is 16.2 Å². The lowest BCUT2D eigenvalue weighted by Crippen LogP contribution is -2.48. The topological polar surface area (TPSA) is 53.2 Å². The fraction of sp³-hybridized carbons (Fsp3) is 0.562. The van der Waals surface area contributed by atoms with Gasteiger partial charge >= 0.3 is 0 Å². The molecular weight excluding hydrogens is 286 g/mol. The fourth-order valence-electron chi connectivity index (χ4n) is 3.49. The Morgan fingerprint density at radius 2 is 2.10 bits per heavy atom. The highest BCUT2D eigenvalue weighted by molar-refractivity contribution is 6.30. The Balaban J connectivity index is 1.64. The maximum absolute atomic E-state index is 12.6. The van der Waals surface area contributed by atoms with E-state index in [4.69, 9.17) is 11.6 Å². The van der Waals surface area contributed by atoms with Crippen LogP contribution in [0.1, 0.15) is 37.8 Å². The van der Waals surface area contributed by atoms with Crippen LogP contribution >= 0.6 is 11.6 Å². The first-order valence-corrected chi connectivity index (χ1v) is 8.07. The SMILES string of the molecule is CC(NC(=O)C1CCCC2CNNC21)c1ccc(Cl)cc1. The Bertz CT molecular complexity index is 505. The first-order valence-electron chi connectivity index (χ1n) is 7.69. The van der Waals surface area contributed by atoms with Crippen LogP contribution in [0.5, 0.6) is 0 Å². The molecule has 1 heterocycles. The van der Waals surface area contributed by atoms with Crippen molar-refractivity contribution in [1.29, 1.82) is 0 Å². The minimum absolute atomic E-state index is 0.00417. The summed E-state index contributed by atoms with van der Waals surface area (Å²) >= 11 is 5.90. The van der Waals surface area contributed by atoms with E-state index in [2.05, 4.69) is 16.2 Å². The van der Waals surface area contributed by atoms with Gasteiger partial charge in [-0.15, -0.1) is 0 Å². The highest BCUT2D eigenvalue weighted by Gasteiger charge is 2.40. The molecule has 0 radical (unpaired) electrons. The van der Waals surface area contributed by atoms with Crippen LogP contribution in [0.3, 0.4) is 0 Å². The first kappa shape index (κ1) is 14.8. The van der Waals surface area contributed by atoms with Gasteiger partial charge in [0.2, 0.25) is 5.91 Å². The molecule has 1 amide bonds. The predicted molar refractivity (Wildman–Crippen MR) is 83.8 cm³/mol. The Morgan fingerprint density at radius 3 is 2.86 bits per heavy atom. The largest absolute Gasteiger partial charge is 0.349 e. The summed E-state index contributed by atoms with van der Waals surface area (Å²) in [6.07, 6.45) is 3.31. The normalized spacial score (nSPS) is 29.7. The number of benzene rings is 1. The maximum atomic E-state index is 12.6. The molecule has 1 aliphatic carbocycles. The van der Waals surface area contributed by atoms with Crippen molar-refractivity contribution in [3.05, 3.63) is 34.9 Å². The van der Waals surface area contributed by atoms with E-state index in [0.29, 0.717) is 10.9 Å². The third-order valence-electron chi connectivity index (χ3n) is 4.73. The Morgan fingerprint density at radius 1 is 1.33 bits per heavy atom. The lowest BCUT2D eigenvalue weighted by atomic mass is 9.77. The molecule has 3 N–H and O–H groups in total. The van der Waals surface area contributed by atoms with Gasteiger partial charge < -0.3 is 5.32 Å². The molecule has 2 fully saturated rings. The van der Waals surface area contributed by atoms with Gasteiger partial charge in [-0.05, 0) is 43.4 Å². The molecule has 1 aromatic rings. The standard InChI is InChI=1S/C16H22ClN3O/c1-10(11-5-7-13(17)8-6-11)19-16(21)14-4-2-3-12-9-18-20-15(12)14/h5-8,10,12,14-15,18,20H,2-4,9H2,1H3,(H,19,21). The van der Waals surface area contributed by atoms with Crippen molar-refractivity contribution < 1.29 is 4.79 Å². The second-order valence-electron chi connectivity index (χ2n) is 6.13. The average molecular weight is 308 g/mol. The van der Waals surface area contributed by atoms with E-state index in [1.54, 1.807) is 0 Å². The van der Waals surface area contributed by atoms with Crippen LogP contribution in [0.2, 0.25) is 5.02 Å². The van der Waals surface area contributed by atoms with Gasteiger partial charge in [-0.2, -0.15) is 0 Å². The minimum Gasteiger partial charge on any atom is -0.349 e. The summed E-state index contributed by atoms with van der Waals surface area (Å²) in [5.41, 5.74) is 7.56. The molecule has 114 valence electrons. The van der Waals surface area contributed by atoms with Crippen molar-refractivity contribution in [2.24, 2.45) is 11.8 Å². The van der Waals surface area contributed by atoms with Gasteiger partial charge in [-0.1, -0.05) is 30.2 Å². The number of fused-ring (bicyclic) bond motifs is 1. The van der Waals surface area contributed by atoms with Crippen LogP contribution in [0.15, 0.2) is 24.3 Å². The zero-order valence-electron chi connectivity index (χ0n) is 12.2. The molecule has 2 aliphatic rings. The van der Waals surface area contributed by atoms with Crippen molar-refractivity contribution in [3.63, 3.8) is 0 Å². The van der Waals surface area contributed by atoms with Crippen molar-refractivity contribution >= 4 is 17.5 Å². The monoisotopic (exact) mass is 307 g/mol.